The quantitative estimate of drug-likeness (QED) is 0.0393. The van der Waals surface area contributed by atoms with Crippen LogP contribution in [0.15, 0.2) is 147 Å². The maximum absolute atomic E-state index is 14.4. The van der Waals surface area contributed by atoms with Crippen LogP contribution in [-0.2, 0) is 25.7 Å². The van der Waals surface area contributed by atoms with Crippen LogP contribution in [0.1, 0.15) is 77.1 Å². The van der Waals surface area contributed by atoms with Gasteiger partial charge in [-0.05, 0) is 204 Å². The molecule has 0 radical (unpaired) electrons. The summed E-state index contributed by atoms with van der Waals surface area (Å²) in [5, 5.41) is 12.5. The molecule has 24 rings (SSSR count). The molecule has 4 saturated heterocycles. The average Bonchev–Trinajstić information content (AvgIpc) is 1.67. The fraction of sp³-hybridized carbons (Fsp3) is 0.341. The molecular formula is C91H90F4N24O4. The Balaban J connectivity index is 0.000000101. The van der Waals surface area contributed by atoms with Gasteiger partial charge in [0.1, 0.15) is 69.5 Å². The Labute approximate surface area is 706 Å². The largest absolute Gasteiger partial charge is 0.423 e. The van der Waals surface area contributed by atoms with Crippen LogP contribution in [0.5, 0.6) is 47.0 Å². The number of fused-ring (bicyclic) bond motifs is 14. The van der Waals surface area contributed by atoms with Crippen LogP contribution in [0.3, 0.4) is 0 Å². The Hall–Kier alpha value is -13.0. The molecule has 2 spiro atoms. The number of aromatic nitrogens is 12. The highest BCUT2D eigenvalue weighted by molar-refractivity contribution is 5.92. The van der Waals surface area contributed by atoms with E-state index in [9.17, 15) is 17.6 Å². The van der Waals surface area contributed by atoms with E-state index in [4.69, 9.17) is 76.8 Å². The molecule has 8 aromatic heterocycles. The number of nitrogens with two attached hydrogens (primary N) is 4. The summed E-state index contributed by atoms with van der Waals surface area (Å²) in [6.07, 6.45) is 21.1. The summed E-state index contributed by atoms with van der Waals surface area (Å²) in [5.41, 5.74) is 42.8. The van der Waals surface area contributed by atoms with Gasteiger partial charge in [-0.25, -0.2) is 17.6 Å². The predicted octanol–water partition coefficient (Wildman–Crippen LogP) is 12.7. The van der Waals surface area contributed by atoms with Crippen molar-refractivity contribution in [3.8, 4) is 91.5 Å². The second kappa shape index (κ2) is 30.2. The zero-order chi connectivity index (χ0) is 83.9. The number of rotatable bonds is 17. The van der Waals surface area contributed by atoms with E-state index >= 15 is 0 Å². The van der Waals surface area contributed by atoms with Crippen LogP contribution in [0.4, 0.5) is 63.6 Å². The van der Waals surface area contributed by atoms with E-state index in [1.54, 1.807) is 113 Å². The smallest absolute Gasteiger partial charge is 0.324 e. The van der Waals surface area contributed by atoms with Crippen molar-refractivity contribution >= 4 is 46.0 Å². The molecular weight excluding hydrogens is 1570 g/mol. The van der Waals surface area contributed by atoms with Gasteiger partial charge in [0.05, 0.1) is 47.6 Å². The molecule has 0 amide bonds. The molecule has 7 atom stereocenters. The molecule has 28 nitrogen and oxygen atoms in total. The topological polar surface area (TPSA) is 357 Å². The van der Waals surface area contributed by atoms with Gasteiger partial charge in [0.2, 0.25) is 0 Å². The maximum atomic E-state index is 14.4. The van der Waals surface area contributed by atoms with E-state index in [1.807, 2.05) is 37.4 Å². The Kier molecular flexibility index (Phi) is 19.0. The number of benzene rings is 4. The molecule has 4 aliphatic heterocycles. The highest BCUT2D eigenvalue weighted by Crippen LogP contribution is 2.59. The first-order chi connectivity index (χ1) is 59.8. The van der Waals surface area contributed by atoms with E-state index in [2.05, 4.69) is 65.8 Å². The van der Waals surface area contributed by atoms with Crippen LogP contribution in [-0.4, -0.2) is 165 Å². The maximum Gasteiger partial charge on any atom is 0.324 e. The third kappa shape index (κ3) is 14.1. The summed E-state index contributed by atoms with van der Waals surface area (Å²) in [6.45, 7) is 7.43. The second-order valence-corrected chi connectivity index (χ2v) is 34.2. The highest BCUT2D eigenvalue weighted by Gasteiger charge is 2.60. The molecule has 4 saturated carbocycles. The van der Waals surface area contributed by atoms with Crippen molar-refractivity contribution in [1.29, 1.82) is 0 Å². The van der Waals surface area contributed by atoms with Crippen molar-refractivity contribution < 1.29 is 36.5 Å². The number of nitrogens with zero attached hydrogens (tertiary/aromatic N) is 16. The lowest BCUT2D eigenvalue weighted by molar-refractivity contribution is 0.437. The first-order valence-electron chi connectivity index (χ1n) is 41.8. The number of anilines is 8. The Morgan fingerprint density at radius 1 is 0.407 bits per heavy atom. The summed E-state index contributed by atoms with van der Waals surface area (Å²) in [6, 6.07) is 28.4. The molecule has 12 heterocycles. The number of halogens is 4. The summed E-state index contributed by atoms with van der Waals surface area (Å²) >= 11 is 0. The lowest BCUT2D eigenvalue weighted by Crippen LogP contribution is -2.34. The van der Waals surface area contributed by atoms with Crippen molar-refractivity contribution in [2.24, 2.45) is 57.4 Å². The minimum atomic E-state index is -0.285. The molecule has 626 valence electrons. The monoisotopic (exact) mass is 1660 g/mol. The van der Waals surface area contributed by atoms with Gasteiger partial charge in [-0.1, -0.05) is 0 Å². The molecule has 8 aliphatic carbocycles. The number of hydrogen-bond donors (Lipinski definition) is 8. The fourth-order valence-corrected chi connectivity index (χ4v) is 20.0. The van der Waals surface area contributed by atoms with Gasteiger partial charge in [0, 0.05) is 204 Å². The zero-order valence-corrected chi connectivity index (χ0v) is 68.2. The van der Waals surface area contributed by atoms with E-state index in [0.717, 1.165) is 227 Å². The Morgan fingerprint density at radius 3 is 1.04 bits per heavy atom. The molecule has 12 N–H and O–H groups in total. The number of piperidine rings is 2. The van der Waals surface area contributed by atoms with Crippen LogP contribution >= 0.6 is 0 Å². The summed E-state index contributed by atoms with van der Waals surface area (Å²) in [4.78, 5) is 63.3. The van der Waals surface area contributed by atoms with Gasteiger partial charge in [-0.3, -0.25) is 19.9 Å². The summed E-state index contributed by atoms with van der Waals surface area (Å²) < 4.78 is 81.4. The van der Waals surface area contributed by atoms with Crippen LogP contribution in [0, 0.1) is 57.8 Å². The normalized spacial score (nSPS) is 22.2. The van der Waals surface area contributed by atoms with Gasteiger partial charge in [0.25, 0.3) is 0 Å². The SMILES string of the molecule is CNc1cc(F)cc2c1Cc1nc(Oc3cccnc3)nc(N3CC(N)C4(CC4)C3)c1-2.CNc1cc(F)cc2c1Cc1nc(Oc3cccnc3)nc(N3CC4C(CN)C4C3)c1-2.CNc1cc(F)cc2c1Cc1nc(Oc3cccnc3)nc(N3CC4CC4(N)C3)c1-2.CNc1cc(F)cc2c1Cc1nc(Oc3cccnc3)nc(N3CCC4(CC4N)C3)c1-2. The molecule has 32 heteroatoms. The van der Waals surface area contributed by atoms with Crippen LogP contribution in [0.25, 0.3) is 44.5 Å². The second-order valence-electron chi connectivity index (χ2n) is 34.2. The third-order valence-electron chi connectivity index (χ3n) is 26.8. The molecule has 7 unspecified atom stereocenters. The summed E-state index contributed by atoms with van der Waals surface area (Å²) in [7, 11) is 7.22. The van der Waals surface area contributed by atoms with E-state index < -0.39 is 0 Å². The summed E-state index contributed by atoms with van der Waals surface area (Å²) in [5.74, 6) is 6.64. The van der Waals surface area contributed by atoms with Crippen LogP contribution in [0.2, 0.25) is 0 Å². The first-order valence-corrected chi connectivity index (χ1v) is 41.8. The minimum absolute atomic E-state index is 0.113. The predicted molar refractivity (Wildman–Crippen MR) is 459 cm³/mol. The first kappa shape index (κ1) is 77.3. The van der Waals surface area contributed by atoms with E-state index in [-0.39, 0.29) is 75.8 Å². The van der Waals surface area contributed by atoms with Crippen LogP contribution < -0.4 is 82.7 Å². The number of ether oxygens (including phenoxy) is 4. The molecule has 123 heavy (non-hydrogen) atoms. The standard InChI is InChI=1S/3C23H23FN6O.C22H21FN6O/c1-26-17-8-13(24)7-16-15(17)9-18-20(16)21(30-11-19(25)23(12-30)4-5-23)29-22(28-18)31-14-3-2-6-27-10-14;1-26-17-8-13(24)7-16-15(17)9-18-20(16)21(30-6-4-23(12-30)10-19(23)25)29-22(28-18)31-14-3-2-5-27-11-14;1-26-19-6-12(24)5-15-14(19)7-20-21(15)22(30-10-17-16(8-25)18(17)11-30)29-23(28-20)31-13-3-2-4-27-9-13;1-25-17-6-13(23)5-16-15(17)7-18-19(16)20(29-10-12-8-22(12,24)11-29)28-21(27-18)30-14-3-2-4-26-9-14/h2-3,6-8,10,19,26H,4-5,9,11-12,25H2,1H3;2-3,5,7-8,11,19,26H,4,6,9-10,12,25H2,1H3;2-6,9,16-18,26H,7-8,10-11,25H2,1H3;2-6,9,12,25H,7-8,10-11,24H2,1H3. The highest BCUT2D eigenvalue weighted by atomic mass is 19.1. The van der Waals surface area contributed by atoms with E-state index in [0.29, 0.717) is 72.4 Å². The molecule has 0 bridgehead atoms. The zero-order valence-electron chi connectivity index (χ0n) is 68.2. The van der Waals surface area contributed by atoms with E-state index in [1.165, 1.54) is 24.3 Å². The number of pyridine rings is 4. The van der Waals surface area contributed by atoms with Gasteiger partial charge >= 0.3 is 24.0 Å². The van der Waals surface area contributed by atoms with Gasteiger partial charge in [-0.2, -0.15) is 39.9 Å². The molecule has 12 aliphatic rings. The van der Waals surface area contributed by atoms with Crippen molar-refractivity contribution in [2.75, 3.05) is 128 Å². The molecule has 12 aromatic rings. The lowest BCUT2D eigenvalue weighted by atomic mass is 10.0. The Bertz CT molecular complexity index is 6180. The van der Waals surface area contributed by atoms with Gasteiger partial charge in [0.15, 0.2) is 0 Å². The third-order valence-corrected chi connectivity index (χ3v) is 26.8. The number of hydrogen-bond acceptors (Lipinski definition) is 28. The Morgan fingerprint density at radius 2 is 0.748 bits per heavy atom. The van der Waals surface area contributed by atoms with Gasteiger partial charge in [-0.15, -0.1) is 0 Å². The minimum Gasteiger partial charge on any atom is -0.423 e. The van der Waals surface area contributed by atoms with Gasteiger partial charge < -0.3 is 82.7 Å². The average molecular weight is 1660 g/mol. The molecule has 8 fully saturated rings. The van der Waals surface area contributed by atoms with Crippen molar-refractivity contribution in [1.82, 2.24) is 59.8 Å². The lowest BCUT2D eigenvalue weighted by Gasteiger charge is -2.24. The fourth-order valence-electron chi connectivity index (χ4n) is 20.0. The molecule has 4 aromatic carbocycles. The number of nitrogens with one attached hydrogen (secondary N) is 4. The van der Waals surface area contributed by atoms with Crippen molar-refractivity contribution in [3.05, 3.63) is 215 Å². The van der Waals surface area contributed by atoms with Crippen molar-refractivity contribution in [3.63, 3.8) is 0 Å². The van der Waals surface area contributed by atoms with Crippen molar-refractivity contribution in [2.45, 2.75) is 75.4 Å².